The lowest BCUT2D eigenvalue weighted by atomic mass is 9.93. The zero-order valence-electron chi connectivity index (χ0n) is 30.4. The van der Waals surface area contributed by atoms with Crippen molar-refractivity contribution in [3.8, 4) is 0 Å². The number of hydrogen-bond acceptors (Lipinski definition) is 6. The average Bonchev–Trinajstić information content (AvgIpc) is 3.24. The van der Waals surface area contributed by atoms with E-state index in [0.29, 0.717) is 0 Å². The maximum absolute atomic E-state index is 2.62. The molecule has 4 heterocycles. The molecule has 2 fully saturated rings. The summed E-state index contributed by atoms with van der Waals surface area (Å²) in [6.07, 6.45) is 7.61. The fourth-order valence-corrected chi connectivity index (χ4v) is 11.3. The molecule has 0 radical (unpaired) electrons. The molecule has 7 aromatic rings. The quantitative estimate of drug-likeness (QED) is 0.166. The molecule has 4 aliphatic rings. The second-order valence-corrected chi connectivity index (χ2v) is 17.2. The zero-order valence-corrected chi connectivity index (χ0v) is 32.0. The summed E-state index contributed by atoms with van der Waals surface area (Å²) in [5, 5.41) is 5.13. The van der Waals surface area contributed by atoms with Gasteiger partial charge in [0, 0.05) is 78.7 Å². The third-order valence-electron chi connectivity index (χ3n) is 11.8. The van der Waals surface area contributed by atoms with E-state index in [-0.39, 0.29) is 0 Å². The summed E-state index contributed by atoms with van der Waals surface area (Å²) in [6.45, 7) is 4.43. The van der Waals surface area contributed by atoms with Gasteiger partial charge < -0.3 is 19.6 Å². The Morgan fingerprint density at radius 1 is 0.333 bits per heavy atom. The molecule has 0 amide bonds. The third kappa shape index (κ3) is 5.29. The van der Waals surface area contributed by atoms with E-state index in [0.717, 1.165) is 26.2 Å². The van der Waals surface area contributed by atoms with Crippen LogP contribution in [0.1, 0.15) is 38.5 Å². The molecule has 7 aromatic carbocycles. The summed E-state index contributed by atoms with van der Waals surface area (Å²) in [6, 6.07) is 50.7. The molecule has 11 rings (SSSR count). The lowest BCUT2D eigenvalue weighted by Crippen LogP contribution is -2.29. The molecule has 2 saturated heterocycles. The van der Waals surface area contributed by atoms with E-state index >= 15 is 0 Å². The molecule has 54 heavy (non-hydrogen) atoms. The van der Waals surface area contributed by atoms with Crippen LogP contribution < -0.4 is 19.6 Å². The van der Waals surface area contributed by atoms with Crippen LogP contribution >= 0.6 is 23.5 Å². The smallest absolute Gasteiger partial charge is 0.0621 e. The first kappa shape index (κ1) is 32.4. The summed E-state index contributed by atoms with van der Waals surface area (Å²) >= 11 is 3.76. The van der Waals surface area contributed by atoms with Gasteiger partial charge in [0.1, 0.15) is 0 Å². The Morgan fingerprint density at radius 3 is 1.02 bits per heavy atom. The standard InChI is InChI=1S/C48H42N4S2/c1-11-27-49(28-12-1)33-23-25-35-37(31-33)47(51-39-15-3-7-19-43(39)53-44-20-8-4-16-40(44)51)36-26-24-34(50-29-13-2-14-30-50)32-38(36)48(35)52-41-17-5-9-21-45(41)54-46-22-10-6-18-42(46)52/h3-10,15-26,31-32H,1-2,11-14,27-30H2. The van der Waals surface area contributed by atoms with Gasteiger partial charge >= 0.3 is 0 Å². The second-order valence-electron chi connectivity index (χ2n) is 15.0. The molecule has 0 saturated carbocycles. The Hall–Kier alpha value is -5.04. The van der Waals surface area contributed by atoms with Gasteiger partial charge in [0.05, 0.1) is 34.1 Å². The highest BCUT2D eigenvalue weighted by atomic mass is 32.2. The molecule has 0 aliphatic carbocycles. The van der Waals surface area contributed by atoms with Gasteiger partial charge in [-0.2, -0.15) is 0 Å². The van der Waals surface area contributed by atoms with E-state index in [1.807, 2.05) is 23.5 Å². The van der Waals surface area contributed by atoms with Gasteiger partial charge in [-0.1, -0.05) is 84.2 Å². The van der Waals surface area contributed by atoms with Crippen LogP contribution in [0.2, 0.25) is 0 Å². The van der Waals surface area contributed by atoms with Crippen LogP contribution in [0.15, 0.2) is 153 Å². The first-order valence-electron chi connectivity index (χ1n) is 19.7. The molecule has 266 valence electrons. The molecule has 0 unspecified atom stereocenters. The van der Waals surface area contributed by atoms with E-state index in [1.165, 1.54) is 125 Å². The number of benzene rings is 7. The maximum Gasteiger partial charge on any atom is 0.0621 e. The Labute approximate surface area is 326 Å². The number of rotatable bonds is 4. The SMILES string of the molecule is c1ccc2c(c1)Sc1ccccc1N2c1c2ccc(N3CCCCC3)cc2c(N2c3ccccc3Sc3ccccc32)c2ccc(N3CCCCC3)cc12. The van der Waals surface area contributed by atoms with Gasteiger partial charge in [0.2, 0.25) is 0 Å². The van der Waals surface area contributed by atoms with Gasteiger partial charge in [-0.25, -0.2) is 0 Å². The summed E-state index contributed by atoms with van der Waals surface area (Å²) in [5.74, 6) is 0. The minimum Gasteiger partial charge on any atom is -0.372 e. The summed E-state index contributed by atoms with van der Waals surface area (Å²) in [5.41, 5.74) is 10.1. The Kier molecular flexibility index (Phi) is 8.02. The van der Waals surface area contributed by atoms with E-state index in [4.69, 9.17) is 0 Å². The van der Waals surface area contributed by atoms with Crippen molar-refractivity contribution in [3.63, 3.8) is 0 Å². The molecule has 0 N–H and O–H groups in total. The zero-order chi connectivity index (χ0) is 35.6. The highest BCUT2D eigenvalue weighted by molar-refractivity contribution is 8.00. The number of anilines is 8. The number of piperidine rings is 2. The maximum atomic E-state index is 2.62. The highest BCUT2D eigenvalue weighted by Crippen LogP contribution is 2.59. The van der Waals surface area contributed by atoms with Crippen LogP contribution in [0, 0.1) is 0 Å². The first-order valence-corrected chi connectivity index (χ1v) is 21.3. The van der Waals surface area contributed by atoms with Crippen LogP contribution in [0.4, 0.5) is 45.5 Å². The highest BCUT2D eigenvalue weighted by Gasteiger charge is 2.33. The van der Waals surface area contributed by atoms with Crippen molar-refractivity contribution in [1.29, 1.82) is 0 Å². The van der Waals surface area contributed by atoms with E-state index in [1.54, 1.807) is 0 Å². The van der Waals surface area contributed by atoms with Crippen molar-refractivity contribution in [2.24, 2.45) is 0 Å². The molecule has 0 bridgehead atoms. The van der Waals surface area contributed by atoms with Gasteiger partial charge in [-0.3, -0.25) is 0 Å². The van der Waals surface area contributed by atoms with Crippen LogP contribution in [-0.2, 0) is 0 Å². The monoisotopic (exact) mass is 738 g/mol. The lowest BCUT2D eigenvalue weighted by molar-refractivity contribution is 0.578. The van der Waals surface area contributed by atoms with Crippen LogP contribution in [0.3, 0.4) is 0 Å². The summed E-state index contributed by atoms with van der Waals surface area (Å²) < 4.78 is 0. The first-order chi connectivity index (χ1) is 26.8. The lowest BCUT2D eigenvalue weighted by Gasteiger charge is -2.38. The van der Waals surface area contributed by atoms with Crippen molar-refractivity contribution in [3.05, 3.63) is 133 Å². The minimum atomic E-state index is 1.11. The minimum absolute atomic E-state index is 1.11. The average molecular weight is 739 g/mol. The van der Waals surface area contributed by atoms with Gasteiger partial charge in [-0.15, -0.1) is 0 Å². The third-order valence-corrected chi connectivity index (χ3v) is 14.0. The van der Waals surface area contributed by atoms with E-state index in [2.05, 4.69) is 153 Å². The van der Waals surface area contributed by atoms with Crippen molar-refractivity contribution in [2.75, 3.05) is 45.8 Å². The molecule has 6 heteroatoms. The van der Waals surface area contributed by atoms with Gasteiger partial charge in [0.15, 0.2) is 0 Å². The van der Waals surface area contributed by atoms with Crippen molar-refractivity contribution < 1.29 is 0 Å². The number of hydrogen-bond donors (Lipinski definition) is 0. The number of para-hydroxylation sites is 4. The normalized spacial score (nSPS) is 16.6. The number of nitrogens with zero attached hydrogens (tertiary/aromatic N) is 4. The second kappa shape index (κ2) is 13.4. The molecule has 0 aromatic heterocycles. The van der Waals surface area contributed by atoms with Crippen LogP contribution in [-0.4, -0.2) is 26.2 Å². The van der Waals surface area contributed by atoms with Crippen LogP contribution in [0.25, 0.3) is 21.5 Å². The van der Waals surface area contributed by atoms with E-state index < -0.39 is 0 Å². The molecular formula is C48H42N4S2. The predicted molar refractivity (Wildman–Crippen MR) is 231 cm³/mol. The number of fused-ring (bicyclic) bond motifs is 6. The van der Waals surface area contributed by atoms with Gasteiger partial charge in [-0.05, 0) is 111 Å². The fraction of sp³-hybridized carbons (Fsp3) is 0.208. The predicted octanol–water partition coefficient (Wildman–Crippen LogP) is 13.8. The molecule has 0 atom stereocenters. The summed E-state index contributed by atoms with van der Waals surface area (Å²) in [7, 11) is 0. The Morgan fingerprint density at radius 2 is 0.667 bits per heavy atom. The molecule has 4 aliphatic heterocycles. The summed E-state index contributed by atoms with van der Waals surface area (Å²) in [4.78, 5) is 15.6. The van der Waals surface area contributed by atoms with Crippen LogP contribution in [0.5, 0.6) is 0 Å². The Balaban J connectivity index is 1.29. The van der Waals surface area contributed by atoms with Crippen molar-refractivity contribution >= 4 is 90.6 Å². The molecule has 4 nitrogen and oxygen atoms in total. The fourth-order valence-electron chi connectivity index (χ4n) is 9.23. The van der Waals surface area contributed by atoms with Gasteiger partial charge in [0.25, 0.3) is 0 Å². The largest absolute Gasteiger partial charge is 0.372 e. The van der Waals surface area contributed by atoms with Crippen molar-refractivity contribution in [1.82, 2.24) is 0 Å². The van der Waals surface area contributed by atoms with E-state index in [9.17, 15) is 0 Å². The molecular weight excluding hydrogens is 697 g/mol. The molecule has 0 spiro atoms. The topological polar surface area (TPSA) is 13.0 Å². The Bertz CT molecular complexity index is 2300. The van der Waals surface area contributed by atoms with Crippen molar-refractivity contribution in [2.45, 2.75) is 58.1 Å².